The summed E-state index contributed by atoms with van der Waals surface area (Å²) in [6.07, 6.45) is 6.55. The first kappa shape index (κ1) is 15.5. The van der Waals surface area contributed by atoms with Gasteiger partial charge in [-0.05, 0) is 56.4 Å². The molecule has 2 rings (SSSR count). The monoisotopic (exact) mass is 290 g/mol. The van der Waals surface area contributed by atoms with Crippen LogP contribution in [0, 0.1) is 0 Å². The first-order valence-corrected chi connectivity index (χ1v) is 7.85. The van der Waals surface area contributed by atoms with Crippen LogP contribution in [0.15, 0.2) is 29.4 Å². The fourth-order valence-corrected chi connectivity index (χ4v) is 2.66. The van der Waals surface area contributed by atoms with Crippen molar-refractivity contribution in [3.8, 4) is 0 Å². The molecule has 0 saturated carbocycles. The molecule has 0 radical (unpaired) electrons. The van der Waals surface area contributed by atoms with Crippen LogP contribution in [0.1, 0.15) is 38.5 Å². The van der Waals surface area contributed by atoms with Crippen molar-refractivity contribution >= 4 is 17.2 Å². The molecule has 0 atom stereocenters. The van der Waals surface area contributed by atoms with Crippen LogP contribution in [0.5, 0.6) is 0 Å². The summed E-state index contributed by atoms with van der Waals surface area (Å²) in [4.78, 5) is 2.46. The maximum atomic E-state index is 8.45. The second kappa shape index (κ2) is 8.39. The van der Waals surface area contributed by atoms with Crippen molar-refractivity contribution in [3.05, 3.63) is 24.3 Å². The zero-order chi connectivity index (χ0) is 14.9. The molecule has 0 aliphatic carbocycles. The predicted octanol–water partition coefficient (Wildman–Crippen LogP) is 3.01. The summed E-state index contributed by atoms with van der Waals surface area (Å²) >= 11 is 0. The van der Waals surface area contributed by atoms with E-state index in [2.05, 4.69) is 39.6 Å². The summed E-state index contributed by atoms with van der Waals surface area (Å²) in [6.45, 7) is 3.27. The van der Waals surface area contributed by atoms with Crippen LogP contribution in [-0.2, 0) is 0 Å². The van der Waals surface area contributed by atoms with Crippen molar-refractivity contribution in [2.75, 3.05) is 29.9 Å². The van der Waals surface area contributed by atoms with Gasteiger partial charge in [-0.3, -0.25) is 0 Å². The Balaban J connectivity index is 1.70. The summed E-state index contributed by atoms with van der Waals surface area (Å²) in [7, 11) is 0. The van der Waals surface area contributed by atoms with Crippen molar-refractivity contribution in [2.24, 2.45) is 10.9 Å². The highest BCUT2D eigenvalue weighted by Gasteiger charge is 2.10. The first-order valence-electron chi connectivity index (χ1n) is 7.85. The van der Waals surface area contributed by atoms with Crippen LogP contribution in [0.25, 0.3) is 0 Å². The lowest BCUT2D eigenvalue weighted by Crippen LogP contribution is -2.29. The maximum absolute atomic E-state index is 8.45. The van der Waals surface area contributed by atoms with Crippen LogP contribution in [0.3, 0.4) is 0 Å². The lowest BCUT2D eigenvalue weighted by Gasteiger charge is -2.28. The molecule has 1 aromatic carbocycles. The van der Waals surface area contributed by atoms with E-state index in [1.165, 1.54) is 38.0 Å². The Morgan fingerprint density at radius 3 is 2.52 bits per heavy atom. The minimum atomic E-state index is 0.306. The van der Waals surface area contributed by atoms with E-state index < -0.39 is 0 Å². The van der Waals surface area contributed by atoms with Gasteiger partial charge in [-0.15, -0.1) is 0 Å². The van der Waals surface area contributed by atoms with Crippen molar-refractivity contribution in [1.82, 2.24) is 0 Å². The topological polar surface area (TPSA) is 73.9 Å². The third kappa shape index (κ3) is 5.17. The molecule has 116 valence electrons. The number of hydrogen-bond donors (Lipinski definition) is 3. The molecule has 0 aromatic heterocycles. The third-order valence-electron chi connectivity index (χ3n) is 3.91. The molecule has 1 heterocycles. The van der Waals surface area contributed by atoms with Gasteiger partial charge in [-0.25, -0.2) is 0 Å². The fraction of sp³-hybridized carbons (Fsp3) is 0.562. The van der Waals surface area contributed by atoms with Gasteiger partial charge in [-0.1, -0.05) is 5.16 Å². The van der Waals surface area contributed by atoms with Crippen molar-refractivity contribution in [3.63, 3.8) is 0 Å². The van der Waals surface area contributed by atoms with Gasteiger partial charge >= 0.3 is 0 Å². The van der Waals surface area contributed by atoms with E-state index in [4.69, 9.17) is 10.9 Å². The Bertz CT molecular complexity index is 438. The van der Waals surface area contributed by atoms with E-state index >= 15 is 0 Å². The molecule has 1 aliphatic heterocycles. The van der Waals surface area contributed by atoms with Gasteiger partial charge < -0.3 is 21.2 Å². The van der Waals surface area contributed by atoms with Crippen LogP contribution < -0.4 is 16.0 Å². The van der Waals surface area contributed by atoms with Gasteiger partial charge in [0.25, 0.3) is 0 Å². The number of anilines is 2. The predicted molar refractivity (Wildman–Crippen MR) is 88.3 cm³/mol. The number of unbranched alkanes of at least 4 members (excludes halogenated alkanes) is 1. The number of oxime groups is 1. The van der Waals surface area contributed by atoms with Crippen LogP contribution in [0.2, 0.25) is 0 Å². The highest BCUT2D eigenvalue weighted by atomic mass is 16.4. The molecule has 4 N–H and O–H groups in total. The lowest BCUT2D eigenvalue weighted by molar-refractivity contribution is 0.316. The minimum absolute atomic E-state index is 0.306. The molecule has 5 heteroatoms. The number of rotatable bonds is 7. The highest BCUT2D eigenvalue weighted by Crippen LogP contribution is 2.21. The molecule has 0 spiro atoms. The Morgan fingerprint density at radius 2 is 1.86 bits per heavy atom. The lowest BCUT2D eigenvalue weighted by atomic mass is 10.1. The standard InChI is InChI=1S/C16H26N4O/c17-16(19-21)6-2-3-11-18-14-7-9-15(10-8-14)20-12-4-1-5-13-20/h7-10,18,21H,1-6,11-13H2,(H2,17,19). The molecular formula is C16H26N4O. The van der Waals surface area contributed by atoms with Crippen LogP contribution >= 0.6 is 0 Å². The molecule has 1 aliphatic rings. The number of benzene rings is 1. The number of amidine groups is 1. The Kier molecular flexibility index (Phi) is 6.19. The number of hydrogen-bond acceptors (Lipinski definition) is 4. The Hall–Kier alpha value is -1.91. The SMILES string of the molecule is NC(CCCCNc1ccc(N2CCCCC2)cc1)=NO. The quantitative estimate of drug-likeness (QED) is 0.237. The van der Waals surface area contributed by atoms with E-state index in [1.54, 1.807) is 0 Å². The number of nitrogens with two attached hydrogens (primary N) is 1. The summed E-state index contributed by atoms with van der Waals surface area (Å²) in [6, 6.07) is 8.69. The molecule has 1 aromatic rings. The zero-order valence-corrected chi connectivity index (χ0v) is 12.6. The van der Waals surface area contributed by atoms with E-state index in [0.717, 1.165) is 25.1 Å². The number of nitrogens with one attached hydrogen (secondary N) is 1. The van der Waals surface area contributed by atoms with Gasteiger partial charge in [0.15, 0.2) is 0 Å². The Morgan fingerprint density at radius 1 is 1.14 bits per heavy atom. The molecule has 1 fully saturated rings. The van der Waals surface area contributed by atoms with Crippen LogP contribution in [0.4, 0.5) is 11.4 Å². The van der Waals surface area contributed by atoms with Gasteiger partial charge in [-0.2, -0.15) is 0 Å². The van der Waals surface area contributed by atoms with Crippen LogP contribution in [-0.4, -0.2) is 30.7 Å². The summed E-state index contributed by atoms with van der Waals surface area (Å²) < 4.78 is 0. The van der Waals surface area contributed by atoms with Gasteiger partial charge in [0.05, 0.1) is 0 Å². The van der Waals surface area contributed by atoms with Gasteiger partial charge in [0.2, 0.25) is 0 Å². The number of nitrogens with zero attached hydrogens (tertiary/aromatic N) is 2. The minimum Gasteiger partial charge on any atom is -0.409 e. The molecule has 5 nitrogen and oxygen atoms in total. The largest absolute Gasteiger partial charge is 0.409 e. The molecule has 0 unspecified atom stereocenters. The average molecular weight is 290 g/mol. The van der Waals surface area contributed by atoms with E-state index in [1.807, 2.05) is 0 Å². The van der Waals surface area contributed by atoms with Gasteiger partial charge in [0, 0.05) is 37.4 Å². The smallest absolute Gasteiger partial charge is 0.139 e. The molecule has 0 bridgehead atoms. The maximum Gasteiger partial charge on any atom is 0.139 e. The normalized spacial score (nSPS) is 16.0. The molecular weight excluding hydrogens is 264 g/mol. The Labute approximate surface area is 126 Å². The number of piperidine rings is 1. The molecule has 0 amide bonds. The van der Waals surface area contributed by atoms with E-state index in [0.29, 0.717) is 12.3 Å². The zero-order valence-electron chi connectivity index (χ0n) is 12.6. The summed E-state index contributed by atoms with van der Waals surface area (Å²) in [5, 5.41) is 14.8. The second-order valence-electron chi connectivity index (χ2n) is 5.57. The van der Waals surface area contributed by atoms with Gasteiger partial charge in [0.1, 0.15) is 5.84 Å². The van der Waals surface area contributed by atoms with Crippen molar-refractivity contribution in [2.45, 2.75) is 38.5 Å². The van der Waals surface area contributed by atoms with Crippen molar-refractivity contribution in [1.29, 1.82) is 0 Å². The van der Waals surface area contributed by atoms with Crippen molar-refractivity contribution < 1.29 is 5.21 Å². The summed E-state index contributed by atoms with van der Waals surface area (Å²) in [5.41, 5.74) is 7.91. The molecule has 1 saturated heterocycles. The average Bonchev–Trinajstić information content (AvgIpc) is 2.55. The first-order chi connectivity index (χ1) is 10.3. The highest BCUT2D eigenvalue weighted by molar-refractivity contribution is 5.79. The summed E-state index contributed by atoms with van der Waals surface area (Å²) in [5.74, 6) is 0.306. The fourth-order valence-electron chi connectivity index (χ4n) is 2.66. The van der Waals surface area contributed by atoms with E-state index in [-0.39, 0.29) is 0 Å². The van der Waals surface area contributed by atoms with E-state index in [9.17, 15) is 0 Å². The molecule has 21 heavy (non-hydrogen) atoms. The second-order valence-corrected chi connectivity index (χ2v) is 5.57. The third-order valence-corrected chi connectivity index (χ3v) is 3.91.